The lowest BCUT2D eigenvalue weighted by atomic mass is 10.1. The highest BCUT2D eigenvalue weighted by atomic mass is 16.5. The van der Waals surface area contributed by atoms with E-state index < -0.39 is 5.97 Å². The molecule has 0 heterocycles. The van der Waals surface area contributed by atoms with Gasteiger partial charge in [0.2, 0.25) is 0 Å². The zero-order chi connectivity index (χ0) is 21.1. The Kier molecular flexibility index (Phi) is 8.27. The van der Waals surface area contributed by atoms with E-state index in [-0.39, 0.29) is 19.1 Å². The second-order valence-electron chi connectivity index (χ2n) is 6.00. The lowest BCUT2D eigenvalue weighted by Gasteiger charge is -2.09. The number of carbonyl (C=O) groups excluding carboxylic acids is 2. The van der Waals surface area contributed by atoms with Crippen molar-refractivity contribution in [1.82, 2.24) is 5.32 Å². The summed E-state index contributed by atoms with van der Waals surface area (Å²) in [5.41, 5.74) is 2.75. The second kappa shape index (κ2) is 11.1. The molecule has 0 fully saturated rings. The molecule has 150 valence electrons. The SMILES string of the molecule is COc1cc(/C=C/C(=O)OCC(=O)NCc2ccccc2C)ccc1OCC#N. The number of esters is 1. The monoisotopic (exact) mass is 394 g/mol. The van der Waals surface area contributed by atoms with Crippen molar-refractivity contribution in [3.8, 4) is 17.6 Å². The quantitative estimate of drug-likeness (QED) is 0.519. The lowest BCUT2D eigenvalue weighted by Crippen LogP contribution is -2.28. The molecule has 2 aromatic carbocycles. The number of nitrogens with one attached hydrogen (secondary N) is 1. The van der Waals surface area contributed by atoms with Crippen LogP contribution in [0.5, 0.6) is 11.5 Å². The summed E-state index contributed by atoms with van der Waals surface area (Å²) >= 11 is 0. The Morgan fingerprint density at radius 3 is 2.69 bits per heavy atom. The number of methoxy groups -OCH3 is 1. The van der Waals surface area contributed by atoms with Gasteiger partial charge >= 0.3 is 5.97 Å². The highest BCUT2D eigenvalue weighted by Gasteiger charge is 2.07. The molecule has 0 bridgehead atoms. The molecule has 0 radical (unpaired) electrons. The van der Waals surface area contributed by atoms with Crippen molar-refractivity contribution in [1.29, 1.82) is 5.26 Å². The van der Waals surface area contributed by atoms with E-state index in [2.05, 4.69) is 5.32 Å². The topological polar surface area (TPSA) is 97.7 Å². The van der Waals surface area contributed by atoms with E-state index >= 15 is 0 Å². The van der Waals surface area contributed by atoms with E-state index in [9.17, 15) is 9.59 Å². The van der Waals surface area contributed by atoms with Crippen LogP contribution in [0.4, 0.5) is 0 Å². The maximum Gasteiger partial charge on any atom is 0.331 e. The molecule has 0 atom stereocenters. The average molecular weight is 394 g/mol. The molecule has 1 N–H and O–H groups in total. The molecule has 0 spiro atoms. The molecule has 0 unspecified atom stereocenters. The molecule has 0 saturated heterocycles. The minimum atomic E-state index is -0.639. The summed E-state index contributed by atoms with van der Waals surface area (Å²) in [6.45, 7) is 1.88. The molecule has 0 aliphatic rings. The fraction of sp³-hybridized carbons (Fsp3) is 0.227. The summed E-state index contributed by atoms with van der Waals surface area (Å²) < 4.78 is 15.4. The van der Waals surface area contributed by atoms with Gasteiger partial charge in [-0.05, 0) is 41.8 Å². The molecule has 29 heavy (non-hydrogen) atoms. The molecule has 1 amide bonds. The Bertz CT molecular complexity index is 931. The van der Waals surface area contributed by atoms with Gasteiger partial charge in [0.15, 0.2) is 24.7 Å². The Labute approximate surface area is 169 Å². The van der Waals surface area contributed by atoms with E-state index in [1.165, 1.54) is 19.3 Å². The third-order valence-electron chi connectivity index (χ3n) is 3.97. The van der Waals surface area contributed by atoms with Gasteiger partial charge in [-0.15, -0.1) is 0 Å². The summed E-state index contributed by atoms with van der Waals surface area (Å²) in [5.74, 6) is -0.152. The number of benzene rings is 2. The van der Waals surface area contributed by atoms with Crippen LogP contribution in [0.1, 0.15) is 16.7 Å². The highest BCUT2D eigenvalue weighted by molar-refractivity contribution is 5.89. The first-order valence-corrected chi connectivity index (χ1v) is 8.87. The summed E-state index contributed by atoms with van der Waals surface area (Å²) in [6, 6.07) is 14.6. The van der Waals surface area contributed by atoms with Crippen LogP contribution in [-0.4, -0.2) is 32.2 Å². The van der Waals surface area contributed by atoms with Crippen LogP contribution in [-0.2, 0) is 20.9 Å². The fourth-order valence-electron chi connectivity index (χ4n) is 2.42. The number of rotatable bonds is 9. The Balaban J connectivity index is 1.82. The molecular formula is C22H22N2O5. The highest BCUT2D eigenvalue weighted by Crippen LogP contribution is 2.28. The van der Waals surface area contributed by atoms with Gasteiger partial charge in [-0.1, -0.05) is 30.3 Å². The third-order valence-corrected chi connectivity index (χ3v) is 3.97. The number of hydrogen-bond acceptors (Lipinski definition) is 6. The van der Waals surface area contributed by atoms with Crippen LogP contribution in [0, 0.1) is 18.3 Å². The van der Waals surface area contributed by atoms with E-state index in [0.717, 1.165) is 11.1 Å². The minimum Gasteiger partial charge on any atom is -0.493 e. The zero-order valence-electron chi connectivity index (χ0n) is 16.3. The summed E-state index contributed by atoms with van der Waals surface area (Å²) in [4.78, 5) is 23.7. The van der Waals surface area contributed by atoms with Crippen molar-refractivity contribution in [2.24, 2.45) is 0 Å². The maximum absolute atomic E-state index is 11.8. The number of carbonyl (C=O) groups is 2. The van der Waals surface area contributed by atoms with Crippen LogP contribution in [0.25, 0.3) is 6.08 Å². The van der Waals surface area contributed by atoms with Crippen LogP contribution in [0.3, 0.4) is 0 Å². The van der Waals surface area contributed by atoms with E-state index in [1.54, 1.807) is 18.2 Å². The van der Waals surface area contributed by atoms with Gasteiger partial charge in [-0.2, -0.15) is 5.26 Å². The fourth-order valence-corrected chi connectivity index (χ4v) is 2.42. The second-order valence-corrected chi connectivity index (χ2v) is 6.00. The van der Waals surface area contributed by atoms with Crippen LogP contribution >= 0.6 is 0 Å². The number of nitriles is 1. The van der Waals surface area contributed by atoms with Gasteiger partial charge in [-0.25, -0.2) is 4.79 Å². The van der Waals surface area contributed by atoms with Gasteiger partial charge in [0.05, 0.1) is 7.11 Å². The molecule has 0 aromatic heterocycles. The minimum absolute atomic E-state index is 0.0935. The van der Waals surface area contributed by atoms with E-state index in [4.69, 9.17) is 19.5 Å². The molecule has 2 aromatic rings. The van der Waals surface area contributed by atoms with Gasteiger partial charge in [0.25, 0.3) is 5.91 Å². The van der Waals surface area contributed by atoms with Crippen molar-refractivity contribution in [3.05, 3.63) is 65.2 Å². The number of amides is 1. The average Bonchev–Trinajstić information content (AvgIpc) is 2.74. The number of aryl methyl sites for hydroxylation is 1. The number of nitrogens with zero attached hydrogens (tertiary/aromatic N) is 1. The number of hydrogen-bond donors (Lipinski definition) is 1. The summed E-state index contributed by atoms with van der Waals surface area (Å²) in [6.07, 6.45) is 2.75. The normalized spacial score (nSPS) is 10.2. The van der Waals surface area contributed by atoms with Gasteiger partial charge in [0, 0.05) is 12.6 Å². The van der Waals surface area contributed by atoms with Crippen LogP contribution in [0.15, 0.2) is 48.5 Å². The molecule has 0 aliphatic heterocycles. The first kappa shape index (κ1) is 21.5. The molecular weight excluding hydrogens is 372 g/mol. The summed E-state index contributed by atoms with van der Waals surface area (Å²) in [7, 11) is 1.48. The van der Waals surface area contributed by atoms with Crippen molar-refractivity contribution < 1.29 is 23.8 Å². The Morgan fingerprint density at radius 1 is 1.17 bits per heavy atom. The van der Waals surface area contributed by atoms with Crippen molar-refractivity contribution >= 4 is 18.0 Å². The van der Waals surface area contributed by atoms with Gasteiger partial charge in [-0.3, -0.25) is 4.79 Å². The largest absolute Gasteiger partial charge is 0.493 e. The Hall–Kier alpha value is -3.79. The van der Waals surface area contributed by atoms with Crippen LogP contribution in [0.2, 0.25) is 0 Å². The third kappa shape index (κ3) is 7.03. The zero-order valence-corrected chi connectivity index (χ0v) is 16.3. The van der Waals surface area contributed by atoms with Crippen molar-refractivity contribution in [3.63, 3.8) is 0 Å². The standard InChI is InChI=1S/C22H22N2O5/c1-16-5-3-4-6-18(16)14-24-21(25)15-29-22(26)10-8-17-7-9-19(28-12-11-23)20(13-17)27-2/h3-10,13H,12,14-15H2,1-2H3,(H,24,25)/b10-8+. The van der Waals surface area contributed by atoms with Crippen molar-refractivity contribution in [2.75, 3.05) is 20.3 Å². The molecule has 7 heteroatoms. The van der Waals surface area contributed by atoms with Gasteiger partial charge < -0.3 is 19.5 Å². The molecule has 0 saturated carbocycles. The predicted octanol–water partition coefficient (Wildman–Crippen LogP) is 2.78. The molecule has 7 nitrogen and oxygen atoms in total. The molecule has 2 rings (SSSR count). The predicted molar refractivity (Wildman–Crippen MR) is 107 cm³/mol. The number of ether oxygens (including phenoxy) is 3. The van der Waals surface area contributed by atoms with Crippen molar-refractivity contribution in [2.45, 2.75) is 13.5 Å². The Morgan fingerprint density at radius 2 is 1.97 bits per heavy atom. The van der Waals surface area contributed by atoms with Gasteiger partial charge in [0.1, 0.15) is 6.07 Å². The first-order valence-electron chi connectivity index (χ1n) is 8.87. The first-order chi connectivity index (χ1) is 14.0. The smallest absolute Gasteiger partial charge is 0.331 e. The maximum atomic E-state index is 11.8. The van der Waals surface area contributed by atoms with E-state index in [1.807, 2.05) is 37.3 Å². The lowest BCUT2D eigenvalue weighted by molar-refractivity contribution is -0.143. The van der Waals surface area contributed by atoms with E-state index in [0.29, 0.717) is 23.6 Å². The van der Waals surface area contributed by atoms with Crippen LogP contribution < -0.4 is 14.8 Å². The summed E-state index contributed by atoms with van der Waals surface area (Å²) in [5, 5.41) is 11.3. The molecule has 0 aliphatic carbocycles.